The molecular weight excluding hydrogens is 376 g/mol. The number of aryl methyl sites for hydroxylation is 3. The van der Waals surface area contributed by atoms with E-state index in [9.17, 15) is 13.2 Å². The Bertz CT molecular complexity index is 1120. The van der Waals surface area contributed by atoms with Gasteiger partial charge in [-0.05, 0) is 61.7 Å². The summed E-state index contributed by atoms with van der Waals surface area (Å²) in [5, 5.41) is 6.79. The molecule has 1 aromatic heterocycles. The number of aromatic nitrogens is 2. The number of anilines is 2. The van der Waals surface area contributed by atoms with Crippen LogP contribution in [0.25, 0.3) is 0 Å². The standard InChI is InChI=1S/C20H22N4O3S/c1-14-5-4-6-18(9-14)23-28(26,27)19-10-17(8-7-16(19)3)22-20(25)13-24-12-15(2)11-21-24/h4-12,23H,13H2,1-3H3,(H,22,25). The van der Waals surface area contributed by atoms with E-state index in [2.05, 4.69) is 15.1 Å². The van der Waals surface area contributed by atoms with Crippen molar-refractivity contribution in [2.45, 2.75) is 32.2 Å². The van der Waals surface area contributed by atoms with E-state index in [1.54, 1.807) is 49.6 Å². The molecule has 0 bridgehead atoms. The minimum Gasteiger partial charge on any atom is -0.324 e. The average Bonchev–Trinajstić information content (AvgIpc) is 3.00. The number of rotatable bonds is 6. The molecule has 7 nitrogen and oxygen atoms in total. The summed E-state index contributed by atoms with van der Waals surface area (Å²) in [6, 6.07) is 11.9. The molecule has 1 heterocycles. The predicted octanol–water partition coefficient (Wildman–Crippen LogP) is 3.25. The van der Waals surface area contributed by atoms with Crippen LogP contribution in [-0.2, 0) is 21.4 Å². The molecule has 0 aliphatic carbocycles. The smallest absolute Gasteiger partial charge is 0.262 e. The first-order valence-electron chi connectivity index (χ1n) is 8.72. The Morgan fingerprint density at radius 3 is 2.50 bits per heavy atom. The van der Waals surface area contributed by atoms with E-state index in [0.29, 0.717) is 16.9 Å². The van der Waals surface area contributed by atoms with Crippen molar-refractivity contribution in [3.05, 3.63) is 71.5 Å². The van der Waals surface area contributed by atoms with Crippen molar-refractivity contribution in [1.82, 2.24) is 9.78 Å². The maximum Gasteiger partial charge on any atom is 0.262 e. The molecule has 2 aromatic carbocycles. The van der Waals surface area contributed by atoms with Crippen molar-refractivity contribution in [2.24, 2.45) is 0 Å². The molecule has 0 unspecified atom stereocenters. The van der Waals surface area contributed by atoms with Crippen molar-refractivity contribution >= 4 is 27.3 Å². The Labute approximate surface area is 164 Å². The van der Waals surface area contributed by atoms with Crippen LogP contribution in [0.5, 0.6) is 0 Å². The fourth-order valence-corrected chi connectivity index (χ4v) is 4.11. The Hall–Kier alpha value is -3.13. The van der Waals surface area contributed by atoms with Gasteiger partial charge in [0.15, 0.2) is 0 Å². The summed E-state index contributed by atoms with van der Waals surface area (Å²) >= 11 is 0. The molecule has 0 aliphatic heterocycles. The lowest BCUT2D eigenvalue weighted by Gasteiger charge is -2.13. The topological polar surface area (TPSA) is 93.1 Å². The van der Waals surface area contributed by atoms with Crippen molar-refractivity contribution < 1.29 is 13.2 Å². The van der Waals surface area contributed by atoms with Crippen molar-refractivity contribution in [3.8, 4) is 0 Å². The second kappa shape index (κ2) is 7.85. The van der Waals surface area contributed by atoms with Gasteiger partial charge in [-0.1, -0.05) is 18.2 Å². The third-order valence-electron chi connectivity index (χ3n) is 4.10. The van der Waals surface area contributed by atoms with E-state index in [-0.39, 0.29) is 17.3 Å². The van der Waals surface area contributed by atoms with Crippen LogP contribution in [0.4, 0.5) is 11.4 Å². The van der Waals surface area contributed by atoms with Gasteiger partial charge in [-0.2, -0.15) is 5.10 Å². The van der Waals surface area contributed by atoms with E-state index < -0.39 is 10.0 Å². The predicted molar refractivity (Wildman–Crippen MR) is 109 cm³/mol. The third-order valence-corrected chi connectivity index (χ3v) is 5.62. The summed E-state index contributed by atoms with van der Waals surface area (Å²) in [6.07, 6.45) is 3.43. The SMILES string of the molecule is Cc1cccc(NS(=O)(=O)c2cc(NC(=O)Cn3cc(C)cn3)ccc2C)c1. The zero-order valence-electron chi connectivity index (χ0n) is 15.9. The zero-order valence-corrected chi connectivity index (χ0v) is 16.7. The second-order valence-electron chi connectivity index (χ2n) is 6.72. The fraction of sp³-hybridized carbons (Fsp3) is 0.200. The fourth-order valence-electron chi connectivity index (χ4n) is 2.79. The number of nitrogens with zero attached hydrogens (tertiary/aromatic N) is 2. The van der Waals surface area contributed by atoms with E-state index >= 15 is 0 Å². The van der Waals surface area contributed by atoms with Gasteiger partial charge in [-0.3, -0.25) is 14.2 Å². The molecule has 3 aromatic rings. The van der Waals surface area contributed by atoms with Gasteiger partial charge in [0, 0.05) is 17.6 Å². The highest BCUT2D eigenvalue weighted by Gasteiger charge is 2.18. The molecule has 0 fully saturated rings. The highest BCUT2D eigenvalue weighted by molar-refractivity contribution is 7.92. The third kappa shape index (κ3) is 4.77. The maximum absolute atomic E-state index is 12.8. The molecule has 28 heavy (non-hydrogen) atoms. The molecule has 0 atom stereocenters. The first kappa shape index (κ1) is 19.6. The van der Waals surface area contributed by atoms with Crippen LogP contribution in [0.15, 0.2) is 59.8 Å². The van der Waals surface area contributed by atoms with Gasteiger partial charge in [-0.15, -0.1) is 0 Å². The Morgan fingerprint density at radius 1 is 1.04 bits per heavy atom. The second-order valence-corrected chi connectivity index (χ2v) is 8.37. The number of sulfonamides is 1. The number of hydrogen-bond acceptors (Lipinski definition) is 4. The molecule has 0 saturated carbocycles. The molecule has 0 spiro atoms. The van der Waals surface area contributed by atoms with Crippen LogP contribution < -0.4 is 10.0 Å². The van der Waals surface area contributed by atoms with Gasteiger partial charge in [0.25, 0.3) is 10.0 Å². The molecule has 0 saturated heterocycles. The Morgan fingerprint density at radius 2 is 1.82 bits per heavy atom. The molecule has 3 rings (SSSR count). The largest absolute Gasteiger partial charge is 0.324 e. The van der Waals surface area contributed by atoms with Gasteiger partial charge in [-0.25, -0.2) is 8.42 Å². The van der Waals surface area contributed by atoms with Crippen LogP contribution in [-0.4, -0.2) is 24.1 Å². The monoisotopic (exact) mass is 398 g/mol. The van der Waals surface area contributed by atoms with Crippen LogP contribution >= 0.6 is 0 Å². The summed E-state index contributed by atoms with van der Waals surface area (Å²) in [5.41, 5.74) is 3.39. The van der Waals surface area contributed by atoms with Crippen molar-refractivity contribution in [3.63, 3.8) is 0 Å². The zero-order chi connectivity index (χ0) is 20.3. The lowest BCUT2D eigenvalue weighted by atomic mass is 10.2. The van der Waals surface area contributed by atoms with Crippen LogP contribution in [0.1, 0.15) is 16.7 Å². The lowest BCUT2D eigenvalue weighted by Crippen LogP contribution is -2.20. The number of nitrogens with one attached hydrogen (secondary N) is 2. The molecule has 1 amide bonds. The molecule has 8 heteroatoms. The highest BCUT2D eigenvalue weighted by atomic mass is 32.2. The quantitative estimate of drug-likeness (QED) is 0.667. The Balaban J connectivity index is 1.79. The van der Waals surface area contributed by atoms with Crippen molar-refractivity contribution in [1.29, 1.82) is 0 Å². The van der Waals surface area contributed by atoms with Crippen LogP contribution in [0, 0.1) is 20.8 Å². The first-order chi connectivity index (χ1) is 13.2. The molecule has 0 aliphatic rings. The number of benzene rings is 2. The summed E-state index contributed by atoms with van der Waals surface area (Å²) in [5.74, 6) is -0.290. The number of amides is 1. The number of carbonyl (C=O) groups is 1. The van der Waals surface area contributed by atoms with Crippen LogP contribution in [0.3, 0.4) is 0 Å². The molecule has 0 radical (unpaired) electrons. The minimum absolute atomic E-state index is 0.0470. The molecule has 146 valence electrons. The summed E-state index contributed by atoms with van der Waals surface area (Å²) < 4.78 is 29.8. The van der Waals surface area contributed by atoms with Gasteiger partial charge < -0.3 is 5.32 Å². The number of carbonyl (C=O) groups excluding carboxylic acids is 1. The average molecular weight is 398 g/mol. The summed E-state index contributed by atoms with van der Waals surface area (Å²) in [7, 11) is -3.79. The van der Waals surface area contributed by atoms with Gasteiger partial charge in [0.1, 0.15) is 6.54 Å². The minimum atomic E-state index is -3.79. The summed E-state index contributed by atoms with van der Waals surface area (Å²) in [4.78, 5) is 12.3. The summed E-state index contributed by atoms with van der Waals surface area (Å²) in [6.45, 7) is 5.54. The van der Waals surface area contributed by atoms with Gasteiger partial charge in [0.05, 0.1) is 11.1 Å². The normalized spacial score (nSPS) is 11.2. The van der Waals surface area contributed by atoms with E-state index in [0.717, 1.165) is 11.1 Å². The highest BCUT2D eigenvalue weighted by Crippen LogP contribution is 2.23. The van der Waals surface area contributed by atoms with Crippen LogP contribution in [0.2, 0.25) is 0 Å². The van der Waals surface area contributed by atoms with E-state index in [1.165, 1.54) is 10.7 Å². The first-order valence-corrected chi connectivity index (χ1v) is 10.2. The molecular formula is C20H22N4O3S. The van der Waals surface area contributed by atoms with E-state index in [4.69, 9.17) is 0 Å². The lowest BCUT2D eigenvalue weighted by molar-refractivity contribution is -0.116. The Kier molecular flexibility index (Phi) is 5.51. The van der Waals surface area contributed by atoms with Gasteiger partial charge >= 0.3 is 0 Å². The van der Waals surface area contributed by atoms with Gasteiger partial charge in [0.2, 0.25) is 5.91 Å². The maximum atomic E-state index is 12.8. The molecule has 2 N–H and O–H groups in total. The van der Waals surface area contributed by atoms with Crippen molar-refractivity contribution in [2.75, 3.05) is 10.0 Å². The van der Waals surface area contributed by atoms with E-state index in [1.807, 2.05) is 19.9 Å². The number of hydrogen-bond donors (Lipinski definition) is 2.